The van der Waals surface area contributed by atoms with Gasteiger partial charge in [-0.1, -0.05) is 12.1 Å². The van der Waals surface area contributed by atoms with Crippen LogP contribution in [0.1, 0.15) is 12.8 Å². The third-order valence-electron chi connectivity index (χ3n) is 4.45. The lowest BCUT2D eigenvalue weighted by atomic mass is 9.94. The zero-order chi connectivity index (χ0) is 18.1. The minimum atomic E-state index is -3.62. The average Bonchev–Trinajstić information content (AvgIpc) is 3.08. The lowest BCUT2D eigenvalue weighted by molar-refractivity contribution is -0.0257. The van der Waals surface area contributed by atoms with Crippen LogP contribution in [0.5, 0.6) is 0 Å². The van der Waals surface area contributed by atoms with Crippen LogP contribution in [0.2, 0.25) is 0 Å². The molecule has 0 radical (unpaired) electrons. The number of nitrogens with one attached hydrogen (secondary N) is 1. The monoisotopic (exact) mass is 364 g/mol. The van der Waals surface area contributed by atoms with Crippen LogP contribution in [0.4, 0.5) is 0 Å². The Morgan fingerprint density at radius 1 is 1.28 bits per heavy atom. The van der Waals surface area contributed by atoms with Gasteiger partial charge < -0.3 is 10.0 Å². The average molecular weight is 364 g/mol. The zero-order valence-corrected chi connectivity index (χ0v) is 15.3. The molecule has 7 nitrogen and oxygen atoms in total. The van der Waals surface area contributed by atoms with E-state index >= 15 is 0 Å². The number of aliphatic hydroxyl groups is 1. The molecule has 0 spiro atoms. The van der Waals surface area contributed by atoms with Gasteiger partial charge in [-0.2, -0.15) is 9.40 Å². The molecular formula is C17H24N4O3S. The molecule has 2 N–H and O–H groups in total. The van der Waals surface area contributed by atoms with Crippen LogP contribution >= 0.6 is 0 Å². The molecule has 1 saturated heterocycles. The van der Waals surface area contributed by atoms with Gasteiger partial charge in [0.15, 0.2) is 0 Å². The van der Waals surface area contributed by atoms with Crippen LogP contribution in [0.25, 0.3) is 11.1 Å². The second-order valence-electron chi connectivity index (χ2n) is 6.92. The number of likely N-dealkylation sites (N-methyl/N-ethyl adjacent to an activating group) is 1. The SMILES string of the molecule is CN(C)CC1(O)CCCN(S(=O)(=O)c2ccc(-c3cn[nH]c3)cc2)C1. The fraction of sp³-hybridized carbons (Fsp3) is 0.471. The molecule has 0 bridgehead atoms. The molecule has 1 aliphatic heterocycles. The van der Waals surface area contributed by atoms with E-state index in [2.05, 4.69) is 10.2 Å². The highest BCUT2D eigenvalue weighted by Crippen LogP contribution is 2.28. The molecule has 1 aromatic heterocycles. The Hall–Kier alpha value is -1.74. The number of aromatic nitrogens is 2. The van der Waals surface area contributed by atoms with E-state index in [4.69, 9.17) is 0 Å². The van der Waals surface area contributed by atoms with Gasteiger partial charge >= 0.3 is 0 Å². The molecule has 1 aliphatic rings. The molecule has 2 aromatic rings. The second-order valence-corrected chi connectivity index (χ2v) is 8.85. The number of benzene rings is 1. The third kappa shape index (κ3) is 3.92. The molecule has 1 fully saturated rings. The van der Waals surface area contributed by atoms with Gasteiger partial charge in [0.25, 0.3) is 0 Å². The summed E-state index contributed by atoms with van der Waals surface area (Å²) in [5.41, 5.74) is 0.795. The van der Waals surface area contributed by atoms with Gasteiger partial charge in [0, 0.05) is 31.4 Å². The highest BCUT2D eigenvalue weighted by Gasteiger charge is 2.38. The van der Waals surface area contributed by atoms with Crippen molar-refractivity contribution in [3.05, 3.63) is 36.7 Å². The summed E-state index contributed by atoms with van der Waals surface area (Å²) < 4.78 is 27.3. The molecule has 0 saturated carbocycles. The van der Waals surface area contributed by atoms with Gasteiger partial charge in [0.05, 0.1) is 16.7 Å². The summed E-state index contributed by atoms with van der Waals surface area (Å²) in [5.74, 6) is 0. The van der Waals surface area contributed by atoms with E-state index in [0.717, 1.165) is 11.1 Å². The standard InChI is InChI=1S/C17H24N4O3S/c1-20(2)12-17(22)8-3-9-21(13-17)25(23,24)16-6-4-14(5-7-16)15-10-18-19-11-15/h4-7,10-11,22H,3,8-9,12-13H2,1-2H3,(H,18,19). The summed E-state index contributed by atoms with van der Waals surface area (Å²) in [7, 11) is 0.127. The number of aromatic amines is 1. The van der Waals surface area contributed by atoms with E-state index in [1.54, 1.807) is 36.7 Å². The number of hydrogen-bond donors (Lipinski definition) is 2. The molecule has 3 rings (SSSR count). The smallest absolute Gasteiger partial charge is 0.243 e. The first kappa shape index (κ1) is 18.1. The summed E-state index contributed by atoms with van der Waals surface area (Å²) in [6, 6.07) is 6.76. The number of β-amino-alcohol motifs (C(OH)–C–C–N with tert-alkyl or cyclic N) is 1. The summed E-state index contributed by atoms with van der Waals surface area (Å²) in [6.45, 7) is 0.997. The Morgan fingerprint density at radius 2 is 2.00 bits per heavy atom. The minimum Gasteiger partial charge on any atom is -0.387 e. The van der Waals surface area contributed by atoms with Crippen molar-refractivity contribution in [3.8, 4) is 11.1 Å². The van der Waals surface area contributed by atoms with Gasteiger partial charge in [-0.15, -0.1) is 0 Å². The molecule has 1 unspecified atom stereocenters. The third-order valence-corrected chi connectivity index (χ3v) is 6.31. The molecule has 25 heavy (non-hydrogen) atoms. The Balaban J connectivity index is 1.81. The van der Waals surface area contributed by atoms with Crippen molar-refractivity contribution < 1.29 is 13.5 Å². The van der Waals surface area contributed by atoms with Gasteiger partial charge in [0.2, 0.25) is 10.0 Å². The van der Waals surface area contributed by atoms with Crippen LogP contribution in [0, 0.1) is 0 Å². The lowest BCUT2D eigenvalue weighted by Crippen LogP contribution is -2.54. The summed E-state index contributed by atoms with van der Waals surface area (Å²) in [4.78, 5) is 2.13. The van der Waals surface area contributed by atoms with Crippen LogP contribution in [-0.4, -0.2) is 72.3 Å². The molecular weight excluding hydrogens is 340 g/mol. The second kappa shape index (κ2) is 6.87. The summed E-state index contributed by atoms with van der Waals surface area (Å²) in [6.07, 6.45) is 4.71. The van der Waals surface area contributed by atoms with Crippen LogP contribution in [0.3, 0.4) is 0 Å². The van der Waals surface area contributed by atoms with E-state index in [0.29, 0.717) is 25.9 Å². The maximum absolute atomic E-state index is 12.9. The van der Waals surface area contributed by atoms with E-state index in [9.17, 15) is 13.5 Å². The van der Waals surface area contributed by atoms with Crippen LogP contribution in [-0.2, 0) is 10.0 Å². The van der Waals surface area contributed by atoms with Crippen molar-refractivity contribution in [2.24, 2.45) is 0 Å². The van der Waals surface area contributed by atoms with Crippen molar-refractivity contribution in [2.75, 3.05) is 33.7 Å². The Bertz CT molecular complexity index is 803. The lowest BCUT2D eigenvalue weighted by Gasteiger charge is -2.39. The number of hydrogen-bond acceptors (Lipinski definition) is 5. The minimum absolute atomic E-state index is 0.122. The molecule has 0 amide bonds. The number of sulfonamides is 1. The normalized spacial score (nSPS) is 22.4. The first-order valence-corrected chi connectivity index (χ1v) is 9.71. The molecule has 1 aromatic carbocycles. The number of piperidine rings is 1. The molecule has 8 heteroatoms. The van der Waals surface area contributed by atoms with Crippen molar-refractivity contribution >= 4 is 10.0 Å². The van der Waals surface area contributed by atoms with Crippen molar-refractivity contribution in [1.82, 2.24) is 19.4 Å². The largest absolute Gasteiger partial charge is 0.387 e. The van der Waals surface area contributed by atoms with Crippen molar-refractivity contribution in [1.29, 1.82) is 0 Å². The fourth-order valence-electron chi connectivity index (χ4n) is 3.37. The fourth-order valence-corrected chi connectivity index (χ4v) is 4.93. The van der Waals surface area contributed by atoms with Crippen LogP contribution in [0.15, 0.2) is 41.6 Å². The summed E-state index contributed by atoms with van der Waals surface area (Å²) >= 11 is 0. The quantitative estimate of drug-likeness (QED) is 0.831. The van der Waals surface area contributed by atoms with E-state index in [1.165, 1.54) is 4.31 Å². The first-order valence-electron chi connectivity index (χ1n) is 8.27. The first-order chi connectivity index (χ1) is 11.8. The van der Waals surface area contributed by atoms with Crippen LogP contribution < -0.4 is 0 Å². The highest BCUT2D eigenvalue weighted by molar-refractivity contribution is 7.89. The Labute approximate surface area is 148 Å². The molecule has 1 atom stereocenters. The maximum atomic E-state index is 12.9. The molecule has 2 heterocycles. The predicted octanol–water partition coefficient (Wildman–Crippen LogP) is 1.15. The van der Waals surface area contributed by atoms with Gasteiger partial charge in [-0.3, -0.25) is 5.10 Å². The van der Waals surface area contributed by atoms with E-state index < -0.39 is 15.6 Å². The Kier molecular flexibility index (Phi) is 4.97. The van der Waals surface area contributed by atoms with E-state index in [1.807, 2.05) is 19.0 Å². The highest BCUT2D eigenvalue weighted by atomic mass is 32.2. The van der Waals surface area contributed by atoms with Crippen molar-refractivity contribution in [2.45, 2.75) is 23.3 Å². The number of nitrogens with zero attached hydrogens (tertiary/aromatic N) is 3. The maximum Gasteiger partial charge on any atom is 0.243 e. The zero-order valence-electron chi connectivity index (χ0n) is 14.5. The number of rotatable bonds is 5. The van der Waals surface area contributed by atoms with Gasteiger partial charge in [-0.05, 0) is 44.6 Å². The van der Waals surface area contributed by atoms with Gasteiger partial charge in [-0.25, -0.2) is 8.42 Å². The van der Waals surface area contributed by atoms with E-state index in [-0.39, 0.29) is 11.4 Å². The Morgan fingerprint density at radius 3 is 2.60 bits per heavy atom. The molecule has 136 valence electrons. The number of H-pyrrole nitrogens is 1. The van der Waals surface area contributed by atoms with Gasteiger partial charge in [0.1, 0.15) is 0 Å². The topological polar surface area (TPSA) is 89.5 Å². The van der Waals surface area contributed by atoms with Crippen molar-refractivity contribution in [3.63, 3.8) is 0 Å². The summed E-state index contributed by atoms with van der Waals surface area (Å²) in [5, 5.41) is 17.4. The molecule has 0 aliphatic carbocycles. The predicted molar refractivity (Wildman–Crippen MR) is 95.5 cm³/mol.